The second kappa shape index (κ2) is 12.1. The largest absolute Gasteiger partial charge is 0.322 e. The molecule has 4 nitrogen and oxygen atoms in total. The van der Waals surface area contributed by atoms with Crippen LogP contribution in [0.5, 0.6) is 0 Å². The fourth-order valence-corrected chi connectivity index (χ4v) is 7.19. The molecule has 1 saturated carbocycles. The summed E-state index contributed by atoms with van der Waals surface area (Å²) in [5, 5.41) is 0.420. The normalized spacial score (nSPS) is 23.6. The maximum atomic E-state index is 14.0. The number of piperazine rings is 1. The summed E-state index contributed by atoms with van der Waals surface area (Å²) in [6.45, 7) is 6.15. The molecule has 1 aliphatic carbocycles. The molecule has 0 aromatic heterocycles. The maximum Gasteiger partial charge on any atom is 0.261 e. The van der Waals surface area contributed by atoms with Crippen LogP contribution in [0.25, 0.3) is 6.08 Å². The van der Waals surface area contributed by atoms with E-state index < -0.39 is 0 Å². The van der Waals surface area contributed by atoms with Gasteiger partial charge in [0.1, 0.15) is 11.2 Å². The third-order valence-corrected chi connectivity index (χ3v) is 9.18. The molecule has 2 heterocycles. The number of carbonyl (C=O) groups is 1. The summed E-state index contributed by atoms with van der Waals surface area (Å²) in [7, 11) is 0. The third kappa shape index (κ3) is 6.34. The van der Waals surface area contributed by atoms with Crippen molar-refractivity contribution in [3.05, 3.63) is 75.4 Å². The lowest BCUT2D eigenvalue weighted by Crippen LogP contribution is -2.51. The number of thioether (sulfide) groups is 1. The van der Waals surface area contributed by atoms with E-state index in [1.165, 1.54) is 49.9 Å². The number of hydrogen-bond acceptors (Lipinski definition) is 4. The molecule has 2 aliphatic heterocycles. The summed E-state index contributed by atoms with van der Waals surface area (Å²) < 4.78 is 14.0. The molecule has 0 spiro atoms. The van der Waals surface area contributed by atoms with Gasteiger partial charge in [-0.1, -0.05) is 66.9 Å². The number of halogens is 2. The van der Waals surface area contributed by atoms with Crippen LogP contribution in [-0.4, -0.2) is 65.9 Å². The van der Waals surface area contributed by atoms with Crippen molar-refractivity contribution in [3.8, 4) is 0 Å². The Bertz CT molecular complexity index is 1080. The minimum absolute atomic E-state index is 0.0105. The van der Waals surface area contributed by atoms with Crippen molar-refractivity contribution in [2.75, 3.05) is 39.3 Å². The molecule has 1 unspecified atom stereocenters. The van der Waals surface area contributed by atoms with Crippen molar-refractivity contribution in [2.45, 2.75) is 49.9 Å². The minimum atomic E-state index is -0.274. The summed E-state index contributed by atoms with van der Waals surface area (Å²) in [4.78, 5) is 21.3. The maximum absolute atomic E-state index is 14.0. The van der Waals surface area contributed by atoms with Gasteiger partial charge in [-0.25, -0.2) is 4.39 Å². The molecule has 3 aliphatic rings. The first-order valence-corrected chi connectivity index (χ1v) is 14.5. The SMILES string of the molecule is O=C1C(=Cc2cccc(Cl)c2)SC(c2cccc(F)c2)N1CCCN1CCN(C2CCCCC2)CC1. The number of rotatable bonds is 7. The molecular formula is C29H35ClFN3OS. The number of benzene rings is 2. The zero-order chi connectivity index (χ0) is 24.9. The van der Waals surface area contributed by atoms with Crippen molar-refractivity contribution in [1.29, 1.82) is 0 Å². The molecule has 1 amide bonds. The van der Waals surface area contributed by atoms with E-state index in [9.17, 15) is 9.18 Å². The van der Waals surface area contributed by atoms with Crippen LogP contribution in [0.4, 0.5) is 4.39 Å². The average Bonchev–Trinajstić information content (AvgIpc) is 3.20. The van der Waals surface area contributed by atoms with Crippen molar-refractivity contribution < 1.29 is 9.18 Å². The first kappa shape index (κ1) is 25.8. The van der Waals surface area contributed by atoms with Crippen molar-refractivity contribution in [1.82, 2.24) is 14.7 Å². The highest BCUT2D eigenvalue weighted by atomic mass is 35.5. The van der Waals surface area contributed by atoms with E-state index in [0.717, 1.165) is 56.3 Å². The van der Waals surface area contributed by atoms with Crippen molar-refractivity contribution >= 4 is 35.3 Å². The van der Waals surface area contributed by atoms with E-state index in [1.807, 2.05) is 41.3 Å². The second-order valence-corrected chi connectivity index (χ2v) is 11.7. The number of carbonyl (C=O) groups excluding carboxylic acids is 1. The van der Waals surface area contributed by atoms with Gasteiger partial charge in [0.05, 0.1) is 4.91 Å². The second-order valence-electron chi connectivity index (χ2n) is 10.1. The van der Waals surface area contributed by atoms with Gasteiger partial charge in [0, 0.05) is 43.8 Å². The smallest absolute Gasteiger partial charge is 0.261 e. The van der Waals surface area contributed by atoms with Crippen LogP contribution in [0, 0.1) is 5.82 Å². The molecule has 2 aromatic rings. The van der Waals surface area contributed by atoms with E-state index in [1.54, 1.807) is 12.1 Å². The zero-order valence-electron chi connectivity index (χ0n) is 20.8. The van der Waals surface area contributed by atoms with Crippen molar-refractivity contribution in [2.24, 2.45) is 0 Å². The van der Waals surface area contributed by atoms with E-state index in [0.29, 0.717) is 16.5 Å². The van der Waals surface area contributed by atoms with Gasteiger partial charge in [-0.2, -0.15) is 0 Å². The number of hydrogen-bond donors (Lipinski definition) is 0. The minimum Gasteiger partial charge on any atom is -0.322 e. The van der Waals surface area contributed by atoms with E-state index in [2.05, 4.69) is 9.80 Å². The molecule has 2 aromatic carbocycles. The monoisotopic (exact) mass is 527 g/mol. The number of amides is 1. The highest BCUT2D eigenvalue weighted by Crippen LogP contribution is 2.46. The molecular weight excluding hydrogens is 493 g/mol. The van der Waals surface area contributed by atoms with Crippen LogP contribution in [0.3, 0.4) is 0 Å². The van der Waals surface area contributed by atoms with Crippen LogP contribution in [0.1, 0.15) is 55.0 Å². The van der Waals surface area contributed by atoms with Gasteiger partial charge in [0.15, 0.2) is 0 Å². The zero-order valence-corrected chi connectivity index (χ0v) is 22.3. The standard InChI is InChI=1S/C29H35ClFN3OS/c30-24-9-4-7-22(19-24)20-27-28(35)34(29(36-27)23-8-5-10-25(31)21-23)14-6-13-32-15-17-33(18-16-32)26-11-2-1-3-12-26/h4-5,7-10,19-21,26,29H,1-3,6,11-18H2. The Hall–Kier alpha value is -1.86. The van der Waals surface area contributed by atoms with Gasteiger partial charge in [-0.05, 0) is 67.3 Å². The van der Waals surface area contributed by atoms with Gasteiger partial charge in [-0.3, -0.25) is 9.69 Å². The Morgan fingerprint density at radius 1 is 0.972 bits per heavy atom. The molecule has 36 heavy (non-hydrogen) atoms. The predicted molar refractivity (Wildman–Crippen MR) is 147 cm³/mol. The molecule has 7 heteroatoms. The van der Waals surface area contributed by atoms with Crippen LogP contribution < -0.4 is 0 Å². The van der Waals surface area contributed by atoms with Crippen LogP contribution in [-0.2, 0) is 4.79 Å². The summed E-state index contributed by atoms with van der Waals surface area (Å²) in [6, 6.07) is 14.9. The summed E-state index contributed by atoms with van der Waals surface area (Å²) >= 11 is 7.65. The van der Waals surface area contributed by atoms with Crippen molar-refractivity contribution in [3.63, 3.8) is 0 Å². The Morgan fingerprint density at radius 3 is 2.50 bits per heavy atom. The Balaban J connectivity index is 1.22. The quantitative estimate of drug-likeness (QED) is 0.387. The molecule has 1 atom stereocenters. The van der Waals surface area contributed by atoms with Gasteiger partial charge >= 0.3 is 0 Å². The van der Waals surface area contributed by atoms with Gasteiger partial charge in [-0.15, -0.1) is 0 Å². The third-order valence-electron chi connectivity index (χ3n) is 7.64. The number of nitrogens with zero attached hydrogens (tertiary/aromatic N) is 3. The highest BCUT2D eigenvalue weighted by molar-refractivity contribution is 8.04. The van der Waals surface area contributed by atoms with E-state index in [4.69, 9.17) is 11.6 Å². The predicted octanol–water partition coefficient (Wildman–Crippen LogP) is 6.43. The average molecular weight is 528 g/mol. The fraction of sp³-hybridized carbons (Fsp3) is 0.483. The van der Waals surface area contributed by atoms with Gasteiger partial charge < -0.3 is 9.80 Å². The van der Waals surface area contributed by atoms with E-state index in [-0.39, 0.29) is 17.1 Å². The molecule has 192 valence electrons. The first-order chi connectivity index (χ1) is 17.6. The Kier molecular flexibility index (Phi) is 8.68. The molecule has 0 radical (unpaired) electrons. The molecule has 5 rings (SSSR count). The summed E-state index contributed by atoms with van der Waals surface area (Å²) in [5.74, 6) is -0.264. The lowest BCUT2D eigenvalue weighted by molar-refractivity contribution is -0.126. The van der Waals surface area contributed by atoms with Gasteiger partial charge in [0.2, 0.25) is 0 Å². The molecule has 2 saturated heterocycles. The first-order valence-electron chi connectivity index (χ1n) is 13.2. The highest BCUT2D eigenvalue weighted by Gasteiger charge is 2.37. The lowest BCUT2D eigenvalue weighted by Gasteiger charge is -2.41. The molecule has 0 bridgehead atoms. The lowest BCUT2D eigenvalue weighted by atomic mass is 9.94. The Morgan fingerprint density at radius 2 is 1.75 bits per heavy atom. The summed E-state index contributed by atoms with van der Waals surface area (Å²) in [6.07, 6.45) is 9.70. The van der Waals surface area contributed by atoms with E-state index >= 15 is 0 Å². The fourth-order valence-electron chi connectivity index (χ4n) is 5.72. The molecule has 0 N–H and O–H groups in total. The van der Waals surface area contributed by atoms with Crippen LogP contribution in [0.2, 0.25) is 5.02 Å². The summed E-state index contributed by atoms with van der Waals surface area (Å²) in [5.41, 5.74) is 1.72. The van der Waals surface area contributed by atoms with Crippen LogP contribution >= 0.6 is 23.4 Å². The van der Waals surface area contributed by atoms with Gasteiger partial charge in [0.25, 0.3) is 5.91 Å². The topological polar surface area (TPSA) is 26.8 Å². The molecule has 3 fully saturated rings. The van der Waals surface area contributed by atoms with Crippen LogP contribution in [0.15, 0.2) is 53.4 Å². The Labute approximate surface area is 223 Å².